The second-order valence-corrected chi connectivity index (χ2v) is 6.78. The fourth-order valence-electron chi connectivity index (χ4n) is 3.37. The van der Waals surface area contributed by atoms with Gasteiger partial charge in [0.05, 0.1) is 4.92 Å². The molecule has 158 valence electrons. The Kier molecular flexibility index (Phi) is 5.83. The number of hydrogen-bond acceptors (Lipinski definition) is 9. The van der Waals surface area contributed by atoms with Gasteiger partial charge in [-0.3, -0.25) is 30.7 Å². The average molecular weight is 420 g/mol. The lowest BCUT2D eigenvalue weighted by atomic mass is 10.2. The zero-order valence-electron chi connectivity index (χ0n) is 16.5. The molecule has 3 heterocycles. The molecular weight excluding hydrogens is 400 g/mol. The van der Waals surface area contributed by atoms with Gasteiger partial charge in [0.1, 0.15) is 6.33 Å². The van der Waals surface area contributed by atoms with E-state index in [1.807, 2.05) is 35.2 Å². The van der Waals surface area contributed by atoms with Crippen molar-refractivity contribution in [3.05, 3.63) is 76.9 Å². The van der Waals surface area contributed by atoms with Crippen LogP contribution < -0.4 is 20.7 Å². The van der Waals surface area contributed by atoms with Gasteiger partial charge in [0.2, 0.25) is 11.6 Å². The van der Waals surface area contributed by atoms with E-state index in [1.54, 1.807) is 0 Å². The molecule has 1 saturated heterocycles. The van der Waals surface area contributed by atoms with Crippen LogP contribution in [0.5, 0.6) is 0 Å². The number of nitro groups is 1. The summed E-state index contributed by atoms with van der Waals surface area (Å²) in [5, 5.41) is 11.8. The SMILES string of the molecule is O=C(NNc1ncnc(N2CCN(c3ccccc3)CC2)c1[N+](=O)[O-])c1ccncc1. The Bertz CT molecular complexity index is 1060. The number of anilines is 3. The maximum absolute atomic E-state index is 12.2. The number of para-hydroxylation sites is 1. The molecule has 0 saturated carbocycles. The molecule has 1 amide bonds. The molecule has 11 nitrogen and oxygen atoms in total. The van der Waals surface area contributed by atoms with Crippen molar-refractivity contribution in [3.8, 4) is 0 Å². The number of carbonyl (C=O) groups is 1. The van der Waals surface area contributed by atoms with Crippen LogP contribution in [-0.2, 0) is 0 Å². The van der Waals surface area contributed by atoms with Gasteiger partial charge in [-0.2, -0.15) is 0 Å². The lowest BCUT2D eigenvalue weighted by molar-refractivity contribution is -0.383. The molecule has 1 fully saturated rings. The van der Waals surface area contributed by atoms with Gasteiger partial charge in [-0.25, -0.2) is 9.97 Å². The predicted molar refractivity (Wildman–Crippen MR) is 115 cm³/mol. The first kappa shape index (κ1) is 20.0. The minimum atomic E-state index is -0.542. The van der Waals surface area contributed by atoms with E-state index in [-0.39, 0.29) is 17.3 Å². The molecule has 0 aliphatic carbocycles. The van der Waals surface area contributed by atoms with Gasteiger partial charge in [0.25, 0.3) is 5.91 Å². The van der Waals surface area contributed by atoms with Crippen LogP contribution in [0.1, 0.15) is 10.4 Å². The molecule has 4 rings (SSSR count). The van der Waals surface area contributed by atoms with E-state index >= 15 is 0 Å². The largest absolute Gasteiger partial charge is 0.368 e. The Labute approximate surface area is 177 Å². The lowest BCUT2D eigenvalue weighted by Gasteiger charge is -2.36. The van der Waals surface area contributed by atoms with Gasteiger partial charge in [0, 0.05) is 49.8 Å². The molecular formula is C20H20N8O3. The van der Waals surface area contributed by atoms with E-state index < -0.39 is 10.8 Å². The van der Waals surface area contributed by atoms with Crippen molar-refractivity contribution in [2.24, 2.45) is 0 Å². The molecule has 0 atom stereocenters. The Morgan fingerprint density at radius 1 is 0.968 bits per heavy atom. The van der Waals surface area contributed by atoms with Crippen LogP contribution in [0.25, 0.3) is 0 Å². The fourth-order valence-corrected chi connectivity index (χ4v) is 3.37. The second-order valence-electron chi connectivity index (χ2n) is 6.78. The fraction of sp³-hybridized carbons (Fsp3) is 0.200. The summed E-state index contributed by atoms with van der Waals surface area (Å²) in [4.78, 5) is 39.5. The van der Waals surface area contributed by atoms with E-state index in [0.717, 1.165) is 5.69 Å². The third-order valence-electron chi connectivity index (χ3n) is 4.92. The first-order valence-corrected chi connectivity index (χ1v) is 9.64. The Morgan fingerprint density at radius 2 is 1.65 bits per heavy atom. The van der Waals surface area contributed by atoms with E-state index in [0.29, 0.717) is 31.7 Å². The van der Waals surface area contributed by atoms with Crippen molar-refractivity contribution >= 4 is 28.9 Å². The maximum Gasteiger partial charge on any atom is 0.355 e. The van der Waals surface area contributed by atoms with Crippen molar-refractivity contribution in [2.75, 3.05) is 41.4 Å². The van der Waals surface area contributed by atoms with Crippen molar-refractivity contribution in [1.82, 2.24) is 20.4 Å². The highest BCUT2D eigenvalue weighted by Crippen LogP contribution is 2.32. The summed E-state index contributed by atoms with van der Waals surface area (Å²) in [5.74, 6) is -0.329. The number of amides is 1. The Morgan fingerprint density at radius 3 is 2.32 bits per heavy atom. The summed E-state index contributed by atoms with van der Waals surface area (Å²) in [7, 11) is 0. The molecule has 1 aliphatic rings. The number of nitrogens with one attached hydrogen (secondary N) is 2. The molecule has 2 N–H and O–H groups in total. The molecule has 0 bridgehead atoms. The van der Waals surface area contributed by atoms with Crippen LogP contribution in [0.15, 0.2) is 61.2 Å². The van der Waals surface area contributed by atoms with E-state index in [2.05, 4.69) is 30.7 Å². The van der Waals surface area contributed by atoms with Gasteiger partial charge >= 0.3 is 5.69 Å². The third kappa shape index (κ3) is 4.50. The van der Waals surface area contributed by atoms with Crippen molar-refractivity contribution < 1.29 is 9.72 Å². The minimum Gasteiger partial charge on any atom is -0.368 e. The standard InChI is InChI=1S/C20H20N8O3/c29-20(15-6-8-21-9-7-15)25-24-18-17(28(30)31)19(23-14-22-18)27-12-10-26(11-13-27)16-4-2-1-3-5-16/h1-9,14H,10-13H2,(H,25,29)(H,22,23,24). The van der Waals surface area contributed by atoms with E-state index in [9.17, 15) is 14.9 Å². The molecule has 11 heteroatoms. The highest BCUT2D eigenvalue weighted by atomic mass is 16.6. The minimum absolute atomic E-state index is 0.0807. The number of aromatic nitrogens is 3. The van der Waals surface area contributed by atoms with Gasteiger partial charge in [-0.05, 0) is 24.3 Å². The molecule has 1 aliphatic heterocycles. The van der Waals surface area contributed by atoms with E-state index in [4.69, 9.17) is 0 Å². The second kappa shape index (κ2) is 9.03. The number of nitrogens with zero attached hydrogens (tertiary/aromatic N) is 6. The summed E-state index contributed by atoms with van der Waals surface area (Å²) in [6.45, 7) is 2.53. The van der Waals surface area contributed by atoms with Crippen LogP contribution in [0.3, 0.4) is 0 Å². The lowest BCUT2D eigenvalue weighted by Crippen LogP contribution is -2.47. The average Bonchev–Trinajstić information content (AvgIpc) is 2.83. The normalized spacial score (nSPS) is 13.5. The summed E-state index contributed by atoms with van der Waals surface area (Å²) in [6, 6.07) is 13.1. The van der Waals surface area contributed by atoms with E-state index in [1.165, 1.54) is 30.9 Å². The first-order chi connectivity index (χ1) is 15.1. The number of piperazine rings is 1. The summed E-state index contributed by atoms with van der Waals surface area (Å²) >= 11 is 0. The summed E-state index contributed by atoms with van der Waals surface area (Å²) in [5.41, 5.74) is 6.17. The quantitative estimate of drug-likeness (QED) is 0.453. The van der Waals surface area contributed by atoms with Crippen LogP contribution >= 0.6 is 0 Å². The highest BCUT2D eigenvalue weighted by Gasteiger charge is 2.29. The number of carbonyl (C=O) groups excluding carboxylic acids is 1. The molecule has 0 radical (unpaired) electrons. The predicted octanol–water partition coefficient (Wildman–Crippen LogP) is 1.86. The van der Waals surface area contributed by atoms with Crippen LogP contribution in [0.2, 0.25) is 0 Å². The van der Waals surface area contributed by atoms with Gasteiger partial charge < -0.3 is 9.80 Å². The molecule has 1 aromatic carbocycles. The van der Waals surface area contributed by atoms with Gasteiger partial charge in [-0.15, -0.1) is 0 Å². The zero-order chi connectivity index (χ0) is 21.6. The highest BCUT2D eigenvalue weighted by molar-refractivity contribution is 5.94. The van der Waals surface area contributed by atoms with Crippen molar-refractivity contribution in [3.63, 3.8) is 0 Å². The molecule has 0 spiro atoms. The molecule has 31 heavy (non-hydrogen) atoms. The Balaban J connectivity index is 1.49. The smallest absolute Gasteiger partial charge is 0.355 e. The van der Waals surface area contributed by atoms with Gasteiger partial charge in [-0.1, -0.05) is 18.2 Å². The molecule has 3 aromatic rings. The van der Waals surface area contributed by atoms with Crippen molar-refractivity contribution in [2.45, 2.75) is 0 Å². The molecule has 2 aromatic heterocycles. The van der Waals surface area contributed by atoms with Crippen molar-refractivity contribution in [1.29, 1.82) is 0 Å². The number of pyridine rings is 1. The monoisotopic (exact) mass is 420 g/mol. The topological polar surface area (TPSA) is 129 Å². The zero-order valence-corrected chi connectivity index (χ0v) is 16.5. The van der Waals surface area contributed by atoms with Crippen LogP contribution in [-0.4, -0.2) is 52.0 Å². The number of benzene rings is 1. The molecule has 0 unspecified atom stereocenters. The summed E-state index contributed by atoms with van der Waals surface area (Å²) < 4.78 is 0. The Hall–Kier alpha value is -4.28. The maximum atomic E-state index is 12.2. The number of rotatable bonds is 6. The first-order valence-electron chi connectivity index (χ1n) is 9.64. The van der Waals surface area contributed by atoms with Crippen LogP contribution in [0.4, 0.5) is 23.0 Å². The number of hydrogen-bond donors (Lipinski definition) is 2. The number of hydrazine groups is 1. The van der Waals surface area contributed by atoms with Crippen LogP contribution in [0, 0.1) is 10.1 Å². The van der Waals surface area contributed by atoms with Gasteiger partial charge in [0.15, 0.2) is 0 Å². The third-order valence-corrected chi connectivity index (χ3v) is 4.92. The summed E-state index contributed by atoms with van der Waals surface area (Å²) in [6.07, 6.45) is 4.21.